The zero-order valence-electron chi connectivity index (χ0n) is 13.5. The summed E-state index contributed by atoms with van der Waals surface area (Å²) in [5, 5.41) is 2.89. The molecule has 5 heteroatoms. The molecule has 0 radical (unpaired) electrons. The van der Waals surface area contributed by atoms with Gasteiger partial charge in [-0.05, 0) is 12.1 Å². The fourth-order valence-electron chi connectivity index (χ4n) is 2.75. The Kier molecular flexibility index (Phi) is 5.23. The molecule has 1 fully saturated rings. The highest BCUT2D eigenvalue weighted by Crippen LogP contribution is 2.10. The smallest absolute Gasteiger partial charge is 0.321 e. The van der Waals surface area contributed by atoms with Crippen LogP contribution in [0.4, 0.5) is 10.5 Å². The number of carbonyl (C=O) groups excluding carboxylic acids is 2. The first-order chi connectivity index (χ1) is 11.7. The second kappa shape index (κ2) is 7.75. The molecule has 0 aromatic heterocycles. The van der Waals surface area contributed by atoms with E-state index in [1.54, 1.807) is 4.90 Å². The molecule has 2 aromatic rings. The molecular weight excluding hydrogens is 302 g/mol. The van der Waals surface area contributed by atoms with Gasteiger partial charge in [0.05, 0.1) is 6.54 Å². The van der Waals surface area contributed by atoms with Crippen LogP contribution < -0.4 is 5.32 Å². The zero-order chi connectivity index (χ0) is 16.8. The molecule has 0 aliphatic carbocycles. The summed E-state index contributed by atoms with van der Waals surface area (Å²) in [5.74, 6) is 0.123. The van der Waals surface area contributed by atoms with Gasteiger partial charge in [-0.3, -0.25) is 9.69 Å². The maximum absolute atomic E-state index is 12.2. The lowest BCUT2D eigenvalue weighted by Crippen LogP contribution is -2.51. The van der Waals surface area contributed by atoms with E-state index in [1.807, 2.05) is 60.7 Å². The minimum atomic E-state index is -0.0877. The van der Waals surface area contributed by atoms with Gasteiger partial charge in [0.15, 0.2) is 5.78 Å². The quantitative estimate of drug-likeness (QED) is 0.880. The van der Waals surface area contributed by atoms with Crippen LogP contribution in [0.25, 0.3) is 0 Å². The molecule has 1 heterocycles. The lowest BCUT2D eigenvalue weighted by atomic mass is 10.1. The number of ketones is 1. The van der Waals surface area contributed by atoms with Gasteiger partial charge in [-0.15, -0.1) is 0 Å². The van der Waals surface area contributed by atoms with E-state index >= 15 is 0 Å². The number of para-hydroxylation sites is 1. The molecule has 1 aliphatic rings. The monoisotopic (exact) mass is 323 g/mol. The van der Waals surface area contributed by atoms with Crippen molar-refractivity contribution in [2.75, 3.05) is 38.0 Å². The molecule has 0 unspecified atom stereocenters. The van der Waals surface area contributed by atoms with Crippen LogP contribution in [0.3, 0.4) is 0 Å². The number of amides is 2. The third kappa shape index (κ3) is 4.20. The van der Waals surface area contributed by atoms with E-state index in [0.717, 1.165) is 11.3 Å². The third-order valence-electron chi connectivity index (χ3n) is 4.15. The molecule has 0 saturated carbocycles. The number of nitrogens with one attached hydrogen (secondary N) is 1. The van der Waals surface area contributed by atoms with Gasteiger partial charge < -0.3 is 10.2 Å². The van der Waals surface area contributed by atoms with Gasteiger partial charge in [0.2, 0.25) is 0 Å². The Balaban J connectivity index is 1.47. The average Bonchev–Trinajstić information content (AvgIpc) is 2.64. The predicted octanol–water partition coefficient (Wildman–Crippen LogP) is 2.72. The SMILES string of the molecule is O=C(CN1CCN(C(=O)Nc2ccccc2)CC1)c1ccccc1. The van der Waals surface area contributed by atoms with Crippen LogP contribution in [0.15, 0.2) is 60.7 Å². The molecule has 2 amide bonds. The van der Waals surface area contributed by atoms with E-state index in [-0.39, 0.29) is 11.8 Å². The predicted molar refractivity (Wildman–Crippen MR) is 94.2 cm³/mol. The van der Waals surface area contributed by atoms with Gasteiger partial charge in [-0.1, -0.05) is 48.5 Å². The molecule has 1 N–H and O–H groups in total. The molecule has 24 heavy (non-hydrogen) atoms. The number of Topliss-reactive ketones (excluding diaryl/α,β-unsaturated/α-hetero) is 1. The Labute approximate surface area is 141 Å². The summed E-state index contributed by atoms with van der Waals surface area (Å²) in [6, 6.07) is 18.7. The van der Waals surface area contributed by atoms with Crippen LogP contribution in [0.5, 0.6) is 0 Å². The normalized spacial score (nSPS) is 15.1. The molecule has 0 bridgehead atoms. The van der Waals surface area contributed by atoms with Crippen molar-refractivity contribution in [3.05, 3.63) is 66.2 Å². The number of hydrogen-bond acceptors (Lipinski definition) is 3. The van der Waals surface area contributed by atoms with Crippen LogP contribution in [0.2, 0.25) is 0 Å². The van der Waals surface area contributed by atoms with E-state index in [1.165, 1.54) is 0 Å². The van der Waals surface area contributed by atoms with Gasteiger partial charge in [0.25, 0.3) is 0 Å². The highest BCUT2D eigenvalue weighted by atomic mass is 16.2. The van der Waals surface area contributed by atoms with E-state index in [9.17, 15) is 9.59 Å². The molecule has 1 aliphatic heterocycles. The number of carbonyl (C=O) groups is 2. The van der Waals surface area contributed by atoms with Crippen molar-refractivity contribution in [2.24, 2.45) is 0 Å². The zero-order valence-corrected chi connectivity index (χ0v) is 13.5. The van der Waals surface area contributed by atoms with Crippen molar-refractivity contribution < 1.29 is 9.59 Å². The Morgan fingerprint density at radius 2 is 1.42 bits per heavy atom. The summed E-state index contributed by atoms with van der Waals surface area (Å²) < 4.78 is 0. The first-order valence-corrected chi connectivity index (χ1v) is 8.14. The highest BCUT2D eigenvalue weighted by Gasteiger charge is 2.22. The molecular formula is C19H21N3O2. The van der Waals surface area contributed by atoms with E-state index in [0.29, 0.717) is 32.7 Å². The van der Waals surface area contributed by atoms with Crippen molar-refractivity contribution in [1.82, 2.24) is 9.80 Å². The molecule has 124 valence electrons. The van der Waals surface area contributed by atoms with Gasteiger partial charge in [0.1, 0.15) is 0 Å². The largest absolute Gasteiger partial charge is 0.322 e. The second-order valence-corrected chi connectivity index (χ2v) is 5.85. The van der Waals surface area contributed by atoms with Gasteiger partial charge >= 0.3 is 6.03 Å². The van der Waals surface area contributed by atoms with Crippen molar-refractivity contribution in [1.29, 1.82) is 0 Å². The summed E-state index contributed by atoms with van der Waals surface area (Å²) in [5.41, 5.74) is 1.53. The number of rotatable bonds is 4. The van der Waals surface area contributed by atoms with Gasteiger partial charge in [0, 0.05) is 37.4 Å². The fraction of sp³-hybridized carbons (Fsp3) is 0.263. The van der Waals surface area contributed by atoms with Crippen molar-refractivity contribution in [2.45, 2.75) is 0 Å². The van der Waals surface area contributed by atoms with Crippen LogP contribution in [-0.4, -0.2) is 54.3 Å². The lowest BCUT2D eigenvalue weighted by molar-refractivity contribution is 0.0884. The Hall–Kier alpha value is -2.66. The maximum Gasteiger partial charge on any atom is 0.321 e. The number of urea groups is 1. The fourth-order valence-corrected chi connectivity index (χ4v) is 2.75. The minimum absolute atomic E-state index is 0.0877. The number of hydrogen-bond donors (Lipinski definition) is 1. The first kappa shape index (κ1) is 16.2. The molecule has 5 nitrogen and oxygen atoms in total. The van der Waals surface area contributed by atoms with E-state index in [4.69, 9.17) is 0 Å². The average molecular weight is 323 g/mol. The number of anilines is 1. The van der Waals surface area contributed by atoms with Crippen molar-refractivity contribution in [3.63, 3.8) is 0 Å². The second-order valence-electron chi connectivity index (χ2n) is 5.85. The summed E-state index contributed by atoms with van der Waals surface area (Å²) in [4.78, 5) is 28.4. The molecule has 3 rings (SSSR count). The Morgan fingerprint density at radius 3 is 2.04 bits per heavy atom. The molecule has 0 spiro atoms. The van der Waals surface area contributed by atoms with E-state index < -0.39 is 0 Å². The number of benzene rings is 2. The minimum Gasteiger partial charge on any atom is -0.322 e. The molecule has 2 aromatic carbocycles. The maximum atomic E-state index is 12.2. The molecule has 0 atom stereocenters. The van der Waals surface area contributed by atoms with Crippen LogP contribution in [0, 0.1) is 0 Å². The highest BCUT2D eigenvalue weighted by molar-refractivity contribution is 5.97. The summed E-state index contributed by atoms with van der Waals surface area (Å²) in [6.45, 7) is 3.07. The van der Waals surface area contributed by atoms with Gasteiger partial charge in [-0.2, -0.15) is 0 Å². The van der Waals surface area contributed by atoms with E-state index in [2.05, 4.69) is 10.2 Å². The standard InChI is InChI=1S/C19H21N3O2/c23-18(16-7-3-1-4-8-16)15-21-11-13-22(14-12-21)19(24)20-17-9-5-2-6-10-17/h1-10H,11-15H2,(H,20,24). The lowest BCUT2D eigenvalue weighted by Gasteiger charge is -2.34. The van der Waals surface area contributed by atoms with Crippen LogP contribution in [-0.2, 0) is 0 Å². The van der Waals surface area contributed by atoms with Gasteiger partial charge in [-0.25, -0.2) is 4.79 Å². The molecule has 1 saturated heterocycles. The van der Waals surface area contributed by atoms with Crippen molar-refractivity contribution in [3.8, 4) is 0 Å². The summed E-state index contributed by atoms with van der Waals surface area (Å²) in [6.07, 6.45) is 0. The Bertz CT molecular complexity index is 680. The van der Waals surface area contributed by atoms with Crippen LogP contribution >= 0.6 is 0 Å². The van der Waals surface area contributed by atoms with Crippen LogP contribution in [0.1, 0.15) is 10.4 Å². The summed E-state index contributed by atoms with van der Waals surface area (Å²) in [7, 11) is 0. The topological polar surface area (TPSA) is 52.7 Å². The van der Waals surface area contributed by atoms with Crippen molar-refractivity contribution >= 4 is 17.5 Å². The first-order valence-electron chi connectivity index (χ1n) is 8.14. The third-order valence-corrected chi connectivity index (χ3v) is 4.15. The Morgan fingerprint density at radius 1 is 0.833 bits per heavy atom. The number of piperazine rings is 1. The summed E-state index contributed by atoms with van der Waals surface area (Å²) >= 11 is 0. The number of nitrogens with zero attached hydrogens (tertiary/aromatic N) is 2.